The predicted molar refractivity (Wildman–Crippen MR) is 1.37 cm³/mol. The van der Waals surface area contributed by atoms with E-state index in [1.165, 1.54) is 0 Å². The van der Waals surface area contributed by atoms with E-state index in [9.17, 15) is 0 Å². The van der Waals surface area contributed by atoms with Crippen LogP contribution in [0.5, 0.6) is 0 Å². The Morgan fingerprint density at radius 2 is 0.750 bits per heavy atom. The van der Waals surface area contributed by atoms with E-state index >= 15 is 0 Å². The van der Waals surface area contributed by atoms with Gasteiger partial charge in [-0.25, -0.2) is 0 Å². The van der Waals surface area contributed by atoms with E-state index in [0.717, 1.165) is 0 Å². The van der Waals surface area contributed by atoms with Gasteiger partial charge in [0.1, 0.15) is 0 Å². The van der Waals surface area contributed by atoms with Crippen molar-refractivity contribution in [3.63, 3.8) is 0 Å². The van der Waals surface area contributed by atoms with Crippen molar-refractivity contribution in [2.24, 2.45) is 0 Å². The van der Waals surface area contributed by atoms with E-state index in [4.69, 9.17) is 0 Å². The molecule has 4 heavy (non-hydrogen) atoms. The Bertz CT molecular complexity index is 6.00. The van der Waals surface area contributed by atoms with Crippen molar-refractivity contribution >= 4 is 0 Å². The first-order chi connectivity index (χ1) is 0. The first kappa shape index (κ1) is 39.6. The number of hydrogen-bond donors (Lipinski definition) is 0. The number of hydrogen-bond acceptors (Lipinski definition) is 0. The monoisotopic (exact) mass is 180 g/mol. The van der Waals surface area contributed by atoms with Crippen LogP contribution in [-0.2, 0) is 11.0 Å². The fraction of sp³-hybridized carbons (Fsp3) is 0. The van der Waals surface area contributed by atoms with E-state index < -0.39 is 0 Å². The van der Waals surface area contributed by atoms with Crippen molar-refractivity contribution in [1.82, 2.24) is 0 Å². The average molecular weight is 180 g/mol. The number of rotatable bonds is 0. The zero-order chi connectivity index (χ0) is 0. The maximum Gasteiger partial charge on any atom is 3.00 e. The van der Waals surface area contributed by atoms with Crippen molar-refractivity contribution < 1.29 is 71.1 Å². The Balaban J connectivity index is 0. The summed E-state index contributed by atoms with van der Waals surface area (Å²) in [6.07, 6.45) is 0. The van der Waals surface area contributed by atoms with Gasteiger partial charge in [0.25, 0.3) is 0 Å². The fourth-order valence-electron chi connectivity index (χ4n) is 0. The summed E-state index contributed by atoms with van der Waals surface area (Å²) in [6, 6.07) is 0. The first-order valence-corrected chi connectivity index (χ1v) is 0. The molecule has 0 bridgehead atoms. The molecule has 0 aromatic carbocycles. The van der Waals surface area contributed by atoms with Crippen LogP contribution in [0.1, 0.15) is 0 Å². The fourth-order valence-corrected chi connectivity index (χ4v) is 0. The minimum atomic E-state index is 0. The van der Waals surface area contributed by atoms with Crippen LogP contribution in [0.15, 0.2) is 0 Å². The van der Waals surface area contributed by atoms with Crippen molar-refractivity contribution in [1.29, 1.82) is 0 Å². The molecule has 0 radical (unpaired) electrons. The standard InChI is InChI=1S/Li.2O.Pr/q+1;2*-2;+3. The molecular weight excluding hydrogens is 180 g/mol. The molecule has 0 rings (SSSR count). The molecule has 4 heteroatoms. The van der Waals surface area contributed by atoms with Crippen LogP contribution < -0.4 is 18.9 Å². The third-order valence-electron chi connectivity index (χ3n) is 0. The van der Waals surface area contributed by atoms with Crippen molar-refractivity contribution in [3.8, 4) is 0 Å². The Hall–Kier alpha value is 1.88. The van der Waals surface area contributed by atoms with Gasteiger partial charge in [-0.1, -0.05) is 0 Å². The van der Waals surface area contributed by atoms with Crippen LogP contribution in [0, 0.1) is 41.3 Å². The molecule has 0 heterocycles. The Kier molecular flexibility index (Phi) is 206. The van der Waals surface area contributed by atoms with Crippen molar-refractivity contribution in [2.45, 2.75) is 0 Å². The normalized spacial score (nSPS) is 0. The van der Waals surface area contributed by atoms with Gasteiger partial charge < -0.3 is 11.0 Å². The molecule has 0 unspecified atom stereocenters. The summed E-state index contributed by atoms with van der Waals surface area (Å²) in [6.45, 7) is 0. The average Bonchev–Trinajstić information content (AvgIpc) is 0. The van der Waals surface area contributed by atoms with Crippen molar-refractivity contribution in [3.05, 3.63) is 0 Å². The van der Waals surface area contributed by atoms with E-state index in [2.05, 4.69) is 0 Å². The molecule has 0 aromatic rings. The molecule has 0 saturated carbocycles. The molecule has 0 fully saturated rings. The summed E-state index contributed by atoms with van der Waals surface area (Å²) in [5.74, 6) is 0. The zero-order valence-corrected chi connectivity index (χ0v) is 6.10. The Morgan fingerprint density at radius 1 is 0.750 bits per heavy atom. The van der Waals surface area contributed by atoms with Crippen LogP contribution in [0.3, 0.4) is 0 Å². The van der Waals surface area contributed by atoms with Gasteiger partial charge in [0.05, 0.1) is 0 Å². The SMILES string of the molecule is [Li+].[O-2].[O-2].[Pr+3]. The van der Waals surface area contributed by atoms with E-state index in [1.807, 2.05) is 0 Å². The van der Waals surface area contributed by atoms with E-state index in [1.54, 1.807) is 0 Å². The van der Waals surface area contributed by atoms with Gasteiger partial charge in [0.2, 0.25) is 0 Å². The van der Waals surface area contributed by atoms with E-state index in [-0.39, 0.29) is 71.1 Å². The summed E-state index contributed by atoms with van der Waals surface area (Å²) in [5, 5.41) is 0. The van der Waals surface area contributed by atoms with Crippen LogP contribution in [0.4, 0.5) is 0 Å². The van der Waals surface area contributed by atoms with Crippen LogP contribution in [0.2, 0.25) is 0 Å². The second-order valence-electron chi connectivity index (χ2n) is 0. The smallest absolute Gasteiger partial charge is 2.00 e. The summed E-state index contributed by atoms with van der Waals surface area (Å²) in [5.41, 5.74) is 0. The maximum absolute atomic E-state index is 0. The largest absolute Gasteiger partial charge is 3.00 e. The molecule has 16 valence electrons. The maximum atomic E-state index is 0. The van der Waals surface area contributed by atoms with E-state index in [0.29, 0.717) is 0 Å². The summed E-state index contributed by atoms with van der Waals surface area (Å²) < 4.78 is 0. The molecule has 0 N–H and O–H groups in total. The second-order valence-corrected chi connectivity index (χ2v) is 0. The molecule has 0 atom stereocenters. The Labute approximate surface area is 70.1 Å². The third kappa shape index (κ3) is 9.10. The van der Waals surface area contributed by atoms with Gasteiger partial charge in [-0.3, -0.25) is 0 Å². The first-order valence-electron chi connectivity index (χ1n) is 0. The summed E-state index contributed by atoms with van der Waals surface area (Å²) in [4.78, 5) is 0. The van der Waals surface area contributed by atoms with Gasteiger partial charge in [0, 0.05) is 0 Å². The molecule has 0 aliphatic carbocycles. The van der Waals surface area contributed by atoms with Crippen LogP contribution in [-0.4, -0.2) is 0 Å². The summed E-state index contributed by atoms with van der Waals surface area (Å²) >= 11 is 0. The molecule has 0 saturated heterocycles. The third-order valence-corrected chi connectivity index (χ3v) is 0. The van der Waals surface area contributed by atoms with Crippen LogP contribution in [0.25, 0.3) is 0 Å². The van der Waals surface area contributed by atoms with Crippen molar-refractivity contribution in [2.75, 3.05) is 0 Å². The molecule has 2 nitrogen and oxygen atoms in total. The molecule has 0 aliphatic rings. The van der Waals surface area contributed by atoms with Gasteiger partial charge in [-0.05, 0) is 0 Å². The van der Waals surface area contributed by atoms with Crippen LogP contribution >= 0.6 is 0 Å². The molecule has 0 spiro atoms. The quantitative estimate of drug-likeness (QED) is 0.352. The Morgan fingerprint density at radius 3 is 0.750 bits per heavy atom. The van der Waals surface area contributed by atoms with Gasteiger partial charge in [0.15, 0.2) is 0 Å². The topological polar surface area (TPSA) is 57.0 Å². The zero-order valence-electron chi connectivity index (χ0n) is 2.39. The molecule has 0 amide bonds. The minimum absolute atomic E-state index is 0. The minimum Gasteiger partial charge on any atom is -2.00 e. The molecule has 0 aliphatic heterocycles. The van der Waals surface area contributed by atoms with Gasteiger partial charge in [-0.15, -0.1) is 0 Å². The summed E-state index contributed by atoms with van der Waals surface area (Å²) in [7, 11) is 0. The second kappa shape index (κ2) is 20.8. The van der Waals surface area contributed by atoms with Gasteiger partial charge in [-0.2, -0.15) is 0 Å². The predicted octanol–water partition coefficient (Wildman–Crippen LogP) is -3.23. The van der Waals surface area contributed by atoms with Gasteiger partial charge >= 0.3 is 60.2 Å². The molecular formula is LiO2Pr. The molecule has 0 aromatic heterocycles.